The first-order valence-corrected chi connectivity index (χ1v) is 12.1. The molecule has 0 saturated heterocycles. The van der Waals surface area contributed by atoms with E-state index in [0.29, 0.717) is 22.5 Å². The lowest BCUT2D eigenvalue weighted by Gasteiger charge is -2.28. The number of esters is 1. The molecule has 188 valence electrons. The summed E-state index contributed by atoms with van der Waals surface area (Å²) in [6.07, 6.45) is 1.60. The van der Waals surface area contributed by atoms with E-state index in [1.807, 2.05) is 75.5 Å². The van der Waals surface area contributed by atoms with Gasteiger partial charge in [-0.3, -0.25) is 0 Å². The summed E-state index contributed by atoms with van der Waals surface area (Å²) < 4.78 is 13.2. The molecule has 3 aromatic rings. The molecule has 0 bridgehead atoms. The van der Waals surface area contributed by atoms with Crippen LogP contribution in [0.5, 0.6) is 5.75 Å². The highest BCUT2D eigenvalue weighted by atomic mass is 16.5. The van der Waals surface area contributed by atoms with E-state index in [1.54, 1.807) is 25.5 Å². The minimum absolute atomic E-state index is 0.0509. The molecule has 0 saturated carbocycles. The monoisotopic (exact) mass is 488 g/mol. The van der Waals surface area contributed by atoms with Gasteiger partial charge in [0.1, 0.15) is 5.75 Å². The Hall–Kier alpha value is -4.07. The smallest absolute Gasteiger partial charge is 0.338 e. The number of urea groups is 1. The van der Waals surface area contributed by atoms with Gasteiger partial charge in [0.2, 0.25) is 0 Å². The van der Waals surface area contributed by atoms with Crippen LogP contribution in [-0.2, 0) is 9.53 Å². The second-order valence-electron chi connectivity index (χ2n) is 9.38. The molecule has 0 spiro atoms. The van der Waals surface area contributed by atoms with Crippen LogP contribution < -0.4 is 15.4 Å². The molecule has 1 aliphatic heterocycles. The number of para-hydroxylation sites is 1. The summed E-state index contributed by atoms with van der Waals surface area (Å²) in [5, 5.41) is 10.5. The van der Waals surface area contributed by atoms with Crippen LogP contribution in [0.3, 0.4) is 0 Å². The summed E-state index contributed by atoms with van der Waals surface area (Å²) in [6, 6.07) is 14.4. The van der Waals surface area contributed by atoms with Gasteiger partial charge in [-0.15, -0.1) is 0 Å². The zero-order valence-electron chi connectivity index (χ0n) is 21.5. The van der Waals surface area contributed by atoms with Gasteiger partial charge < -0.3 is 20.1 Å². The van der Waals surface area contributed by atoms with Crippen molar-refractivity contribution >= 4 is 12.0 Å². The molecule has 2 aromatic carbocycles. The van der Waals surface area contributed by atoms with Crippen molar-refractivity contribution in [1.82, 2.24) is 20.4 Å². The Kier molecular flexibility index (Phi) is 7.15. The number of ether oxygens (including phenoxy) is 2. The zero-order chi connectivity index (χ0) is 26.0. The van der Waals surface area contributed by atoms with E-state index >= 15 is 0 Å². The van der Waals surface area contributed by atoms with Gasteiger partial charge in [-0.1, -0.05) is 18.2 Å². The fourth-order valence-electron chi connectivity index (χ4n) is 4.19. The predicted molar refractivity (Wildman–Crippen MR) is 138 cm³/mol. The van der Waals surface area contributed by atoms with E-state index < -0.39 is 18.0 Å². The Morgan fingerprint density at radius 2 is 1.75 bits per heavy atom. The molecule has 1 atom stereocenters. The van der Waals surface area contributed by atoms with Gasteiger partial charge >= 0.3 is 12.0 Å². The molecule has 1 unspecified atom stereocenters. The van der Waals surface area contributed by atoms with Gasteiger partial charge in [-0.25, -0.2) is 14.3 Å². The fraction of sp³-hybridized carbons (Fsp3) is 0.321. The van der Waals surface area contributed by atoms with Crippen molar-refractivity contribution in [2.24, 2.45) is 0 Å². The second kappa shape index (κ2) is 10.3. The molecule has 8 heteroatoms. The van der Waals surface area contributed by atoms with Crippen molar-refractivity contribution in [2.75, 3.05) is 0 Å². The summed E-state index contributed by atoms with van der Waals surface area (Å²) in [5.74, 6) is 0.306. The van der Waals surface area contributed by atoms with Crippen LogP contribution in [0.15, 0.2) is 66.0 Å². The summed E-state index contributed by atoms with van der Waals surface area (Å²) in [6.45, 7) is 11.2. The third-order valence-corrected chi connectivity index (χ3v) is 5.72. The van der Waals surface area contributed by atoms with Gasteiger partial charge in [0.05, 0.1) is 35.2 Å². The first-order chi connectivity index (χ1) is 17.1. The number of aromatic nitrogens is 2. The van der Waals surface area contributed by atoms with E-state index in [4.69, 9.17) is 14.6 Å². The van der Waals surface area contributed by atoms with E-state index in [1.165, 1.54) is 0 Å². The van der Waals surface area contributed by atoms with Crippen molar-refractivity contribution < 1.29 is 19.1 Å². The first kappa shape index (κ1) is 25.0. The van der Waals surface area contributed by atoms with Gasteiger partial charge in [0, 0.05) is 23.0 Å². The molecule has 2 heterocycles. The quantitative estimate of drug-likeness (QED) is 0.445. The van der Waals surface area contributed by atoms with Gasteiger partial charge in [0.15, 0.2) is 0 Å². The molecule has 2 N–H and O–H groups in total. The zero-order valence-corrected chi connectivity index (χ0v) is 21.5. The number of aryl methyl sites for hydroxylation is 1. The van der Waals surface area contributed by atoms with Gasteiger partial charge in [0.25, 0.3) is 0 Å². The third-order valence-electron chi connectivity index (χ3n) is 5.72. The fourth-order valence-corrected chi connectivity index (χ4v) is 4.19. The topological polar surface area (TPSA) is 94.5 Å². The maximum absolute atomic E-state index is 13.1. The lowest BCUT2D eigenvalue weighted by atomic mass is 9.93. The summed E-state index contributed by atoms with van der Waals surface area (Å²) in [4.78, 5) is 25.6. The van der Waals surface area contributed by atoms with Gasteiger partial charge in [-0.05, 0) is 77.4 Å². The largest absolute Gasteiger partial charge is 0.491 e. The van der Waals surface area contributed by atoms with Gasteiger partial charge in [-0.2, -0.15) is 5.10 Å². The number of amides is 2. The molecule has 1 aromatic heterocycles. The molecule has 36 heavy (non-hydrogen) atoms. The number of benzene rings is 2. The standard InChI is InChI=1S/C28H32N4O4/c1-16(2)35-23-13-12-20(14-18(23)5)25-22(15-32(31-25)21-10-8-7-9-11-21)26-24(27(33)36-17(3)4)19(6)29-28(34)30-26/h7-17,26H,1-6H3,(H2,29,30,34). The van der Waals surface area contributed by atoms with Crippen LogP contribution in [0, 0.1) is 6.92 Å². The molecule has 0 fully saturated rings. The Morgan fingerprint density at radius 1 is 1.03 bits per heavy atom. The lowest BCUT2D eigenvalue weighted by Crippen LogP contribution is -2.45. The average molecular weight is 489 g/mol. The minimum Gasteiger partial charge on any atom is -0.491 e. The number of allylic oxidation sites excluding steroid dienone is 1. The minimum atomic E-state index is -0.746. The second-order valence-corrected chi connectivity index (χ2v) is 9.38. The number of hydrogen-bond acceptors (Lipinski definition) is 5. The van der Waals surface area contributed by atoms with Crippen molar-refractivity contribution in [3.8, 4) is 22.7 Å². The first-order valence-electron chi connectivity index (χ1n) is 12.1. The van der Waals surface area contributed by atoms with E-state index in [9.17, 15) is 9.59 Å². The Morgan fingerprint density at radius 3 is 2.39 bits per heavy atom. The molecule has 2 amide bonds. The molecule has 1 aliphatic rings. The van der Waals surface area contributed by atoms with Crippen LogP contribution in [0.25, 0.3) is 16.9 Å². The Bertz CT molecular complexity index is 1310. The average Bonchev–Trinajstić information content (AvgIpc) is 3.25. The normalized spacial score (nSPS) is 15.7. The number of carbonyl (C=O) groups excluding carboxylic acids is 2. The molecular weight excluding hydrogens is 456 g/mol. The lowest BCUT2D eigenvalue weighted by molar-refractivity contribution is -0.143. The number of rotatable bonds is 7. The maximum Gasteiger partial charge on any atom is 0.338 e. The summed E-state index contributed by atoms with van der Waals surface area (Å²) in [7, 11) is 0. The number of nitrogens with one attached hydrogen (secondary N) is 2. The Labute approximate surface area is 211 Å². The van der Waals surface area contributed by atoms with Crippen LogP contribution in [-0.4, -0.2) is 34.0 Å². The van der Waals surface area contributed by atoms with E-state index in [-0.39, 0.29) is 12.2 Å². The highest BCUT2D eigenvalue weighted by Gasteiger charge is 2.35. The summed E-state index contributed by atoms with van der Waals surface area (Å²) in [5.41, 5.74) is 4.78. The highest BCUT2D eigenvalue weighted by molar-refractivity contribution is 5.95. The molecular formula is C28H32N4O4. The van der Waals surface area contributed by atoms with Crippen molar-refractivity contribution in [1.29, 1.82) is 0 Å². The third kappa shape index (κ3) is 5.27. The molecule has 4 rings (SSSR count). The van der Waals surface area contributed by atoms with E-state index in [0.717, 1.165) is 22.6 Å². The Balaban J connectivity index is 1.88. The number of nitrogens with zero attached hydrogens (tertiary/aromatic N) is 2. The predicted octanol–water partition coefficient (Wildman–Crippen LogP) is 5.21. The van der Waals surface area contributed by atoms with Crippen molar-refractivity contribution in [2.45, 2.75) is 59.8 Å². The maximum atomic E-state index is 13.1. The molecule has 0 aliphatic carbocycles. The molecule has 0 radical (unpaired) electrons. The van der Waals surface area contributed by atoms with Crippen molar-refractivity contribution in [3.63, 3.8) is 0 Å². The van der Waals surface area contributed by atoms with E-state index in [2.05, 4.69) is 10.6 Å². The van der Waals surface area contributed by atoms with Crippen LogP contribution in [0.2, 0.25) is 0 Å². The number of hydrogen-bond donors (Lipinski definition) is 2. The summed E-state index contributed by atoms with van der Waals surface area (Å²) >= 11 is 0. The van der Waals surface area contributed by atoms with Crippen molar-refractivity contribution in [3.05, 3.63) is 77.1 Å². The van der Waals surface area contributed by atoms with Crippen LogP contribution in [0.1, 0.15) is 51.8 Å². The highest BCUT2D eigenvalue weighted by Crippen LogP contribution is 2.36. The number of carbonyl (C=O) groups is 2. The SMILES string of the molecule is CC1=C(C(=O)OC(C)C)C(c2cn(-c3ccccc3)nc2-c2ccc(OC(C)C)c(C)c2)NC(=O)N1. The molecule has 8 nitrogen and oxygen atoms in total. The van der Waals surface area contributed by atoms with Crippen LogP contribution >= 0.6 is 0 Å². The van der Waals surface area contributed by atoms with Crippen LogP contribution in [0.4, 0.5) is 4.79 Å².